The first kappa shape index (κ1) is 21.6. The molecule has 5 aromatic rings. The van der Waals surface area contributed by atoms with E-state index in [9.17, 15) is 0 Å². The van der Waals surface area contributed by atoms with E-state index in [0.717, 1.165) is 22.2 Å². The molecule has 8 nitrogen and oxygen atoms in total. The molecule has 0 saturated heterocycles. The van der Waals surface area contributed by atoms with Gasteiger partial charge in [-0.2, -0.15) is 0 Å². The van der Waals surface area contributed by atoms with Crippen LogP contribution in [0.4, 0.5) is 0 Å². The van der Waals surface area contributed by atoms with E-state index in [1.54, 1.807) is 21.3 Å². The Balaban J connectivity index is 1.73. The molecule has 174 valence electrons. The normalized spacial score (nSPS) is 11.2. The van der Waals surface area contributed by atoms with Crippen molar-refractivity contribution in [3.05, 3.63) is 54.9 Å². The lowest BCUT2D eigenvalue weighted by Gasteiger charge is -2.14. The smallest absolute Gasteiger partial charge is 0.203 e. The molecule has 0 N–H and O–H groups in total. The van der Waals surface area contributed by atoms with Gasteiger partial charge in [0.25, 0.3) is 0 Å². The van der Waals surface area contributed by atoms with Crippen molar-refractivity contribution in [1.82, 2.24) is 19.2 Å². The molecule has 0 unspecified atom stereocenters. The van der Waals surface area contributed by atoms with E-state index in [2.05, 4.69) is 45.2 Å². The summed E-state index contributed by atoms with van der Waals surface area (Å²) < 4.78 is 26.6. The second-order valence-corrected chi connectivity index (χ2v) is 7.86. The Morgan fingerprint density at radius 1 is 0.794 bits per heavy atom. The molecular formula is C26H26N4O4. The number of pyridine rings is 1. The van der Waals surface area contributed by atoms with E-state index in [1.807, 2.05) is 42.8 Å². The summed E-state index contributed by atoms with van der Waals surface area (Å²) in [5, 5.41) is 10.1. The number of hydrogen-bond acceptors (Lipinski definition) is 6. The number of benzene rings is 2. The monoisotopic (exact) mass is 458 g/mol. The summed E-state index contributed by atoms with van der Waals surface area (Å²) in [5.74, 6) is 2.91. The maximum atomic E-state index is 5.96. The lowest BCUT2D eigenvalue weighted by atomic mass is 10.1. The van der Waals surface area contributed by atoms with Crippen LogP contribution in [0.1, 0.15) is 6.92 Å². The molecule has 0 radical (unpaired) electrons. The van der Waals surface area contributed by atoms with Crippen molar-refractivity contribution in [1.29, 1.82) is 0 Å². The van der Waals surface area contributed by atoms with Crippen molar-refractivity contribution in [3.8, 4) is 45.5 Å². The maximum Gasteiger partial charge on any atom is 0.203 e. The molecule has 5 rings (SSSR count). The van der Waals surface area contributed by atoms with Gasteiger partial charge in [-0.15, -0.1) is 10.2 Å². The van der Waals surface area contributed by atoms with Crippen LogP contribution in [0.15, 0.2) is 54.9 Å². The van der Waals surface area contributed by atoms with Crippen molar-refractivity contribution < 1.29 is 18.9 Å². The van der Waals surface area contributed by atoms with E-state index >= 15 is 0 Å². The van der Waals surface area contributed by atoms with Crippen molar-refractivity contribution in [3.63, 3.8) is 0 Å². The van der Waals surface area contributed by atoms with Gasteiger partial charge in [-0.05, 0) is 48.2 Å². The van der Waals surface area contributed by atoms with E-state index in [1.165, 1.54) is 5.39 Å². The lowest BCUT2D eigenvalue weighted by Crippen LogP contribution is -1.99. The second-order valence-electron chi connectivity index (χ2n) is 7.86. The van der Waals surface area contributed by atoms with Gasteiger partial charge in [-0.3, -0.25) is 4.40 Å². The first-order valence-electron chi connectivity index (χ1n) is 10.9. The molecule has 2 aromatic carbocycles. The van der Waals surface area contributed by atoms with E-state index in [4.69, 9.17) is 18.9 Å². The van der Waals surface area contributed by atoms with E-state index in [-0.39, 0.29) is 0 Å². The molecular weight excluding hydrogens is 432 g/mol. The highest BCUT2D eigenvalue weighted by Crippen LogP contribution is 2.41. The zero-order chi connectivity index (χ0) is 23.8. The van der Waals surface area contributed by atoms with Gasteiger partial charge in [0.2, 0.25) is 11.4 Å². The Hall–Kier alpha value is -4.20. The fourth-order valence-corrected chi connectivity index (χ4v) is 4.23. The predicted octanol–water partition coefficient (Wildman–Crippen LogP) is 4.98. The molecule has 0 saturated carbocycles. The zero-order valence-electron chi connectivity index (χ0n) is 19.8. The SMILES string of the molecule is CCOc1cc(-c2ccc3ccn(C)c3c2)cn2c(-c3cc(OC)c(OC)c(OC)c3)nnc12. The molecule has 3 aromatic heterocycles. The van der Waals surface area contributed by atoms with Crippen LogP contribution in [0.25, 0.3) is 39.1 Å². The summed E-state index contributed by atoms with van der Waals surface area (Å²) in [7, 11) is 6.81. The van der Waals surface area contributed by atoms with Gasteiger partial charge in [-0.25, -0.2) is 0 Å². The van der Waals surface area contributed by atoms with Gasteiger partial charge in [0, 0.05) is 36.1 Å². The summed E-state index contributed by atoms with van der Waals surface area (Å²) in [6.07, 6.45) is 4.09. The molecule has 0 aliphatic rings. The minimum atomic E-state index is 0.516. The Morgan fingerprint density at radius 3 is 2.21 bits per heavy atom. The summed E-state index contributed by atoms with van der Waals surface area (Å²) in [4.78, 5) is 0. The topological polar surface area (TPSA) is 72.0 Å². The van der Waals surface area contributed by atoms with Gasteiger partial charge in [0.1, 0.15) is 0 Å². The third-order valence-corrected chi connectivity index (χ3v) is 5.92. The largest absolute Gasteiger partial charge is 0.493 e. The number of ether oxygens (including phenoxy) is 4. The molecule has 0 spiro atoms. The Kier molecular flexibility index (Phi) is 5.49. The number of hydrogen-bond donors (Lipinski definition) is 0. The summed E-state index contributed by atoms with van der Waals surface area (Å²) in [5.41, 5.74) is 4.63. The van der Waals surface area contributed by atoms with Crippen LogP contribution in [0, 0.1) is 0 Å². The average molecular weight is 459 g/mol. The highest BCUT2D eigenvalue weighted by atomic mass is 16.5. The molecule has 3 heterocycles. The molecule has 0 amide bonds. The number of aromatic nitrogens is 4. The number of methoxy groups -OCH3 is 3. The minimum Gasteiger partial charge on any atom is -0.493 e. The molecule has 34 heavy (non-hydrogen) atoms. The van der Waals surface area contributed by atoms with Gasteiger partial charge in [0.05, 0.1) is 27.9 Å². The highest BCUT2D eigenvalue weighted by molar-refractivity contribution is 5.86. The van der Waals surface area contributed by atoms with Crippen LogP contribution in [0.5, 0.6) is 23.0 Å². The standard InChI is InChI=1S/C26H26N4O4/c1-6-34-23-14-19(17-8-7-16-9-10-29(2)20(16)11-17)15-30-25(27-28-26(23)30)18-12-21(31-3)24(33-5)22(13-18)32-4/h7-15H,6H2,1-5H3. The number of fused-ring (bicyclic) bond motifs is 2. The second kappa shape index (κ2) is 8.62. The first-order chi connectivity index (χ1) is 16.6. The Bertz CT molecular complexity index is 1480. The molecule has 0 fully saturated rings. The van der Waals surface area contributed by atoms with Crippen LogP contribution < -0.4 is 18.9 Å². The van der Waals surface area contributed by atoms with Gasteiger partial charge in [0.15, 0.2) is 23.1 Å². The quantitative estimate of drug-likeness (QED) is 0.343. The summed E-state index contributed by atoms with van der Waals surface area (Å²) in [6, 6.07) is 14.3. The number of nitrogens with zero attached hydrogens (tertiary/aromatic N) is 4. The zero-order valence-corrected chi connectivity index (χ0v) is 19.8. The fourth-order valence-electron chi connectivity index (χ4n) is 4.23. The maximum absolute atomic E-state index is 5.96. The fraction of sp³-hybridized carbons (Fsp3) is 0.231. The van der Waals surface area contributed by atoms with Crippen LogP contribution in [0.2, 0.25) is 0 Å². The van der Waals surface area contributed by atoms with Gasteiger partial charge < -0.3 is 23.5 Å². The summed E-state index contributed by atoms with van der Waals surface area (Å²) >= 11 is 0. The summed E-state index contributed by atoms with van der Waals surface area (Å²) in [6.45, 7) is 2.47. The van der Waals surface area contributed by atoms with Crippen LogP contribution in [0.3, 0.4) is 0 Å². The number of rotatable bonds is 7. The molecule has 8 heteroatoms. The van der Waals surface area contributed by atoms with E-state index in [0.29, 0.717) is 41.1 Å². The third-order valence-electron chi connectivity index (χ3n) is 5.92. The van der Waals surface area contributed by atoms with Crippen molar-refractivity contribution in [2.24, 2.45) is 7.05 Å². The van der Waals surface area contributed by atoms with Crippen molar-refractivity contribution >= 4 is 16.6 Å². The molecule has 0 atom stereocenters. The predicted molar refractivity (Wildman–Crippen MR) is 131 cm³/mol. The molecule has 0 bridgehead atoms. The molecule has 0 aliphatic heterocycles. The average Bonchev–Trinajstić information content (AvgIpc) is 3.46. The third kappa shape index (κ3) is 3.48. The van der Waals surface area contributed by atoms with Gasteiger partial charge >= 0.3 is 0 Å². The van der Waals surface area contributed by atoms with Crippen molar-refractivity contribution in [2.75, 3.05) is 27.9 Å². The lowest BCUT2D eigenvalue weighted by molar-refractivity contribution is 0.324. The Labute approximate surface area is 197 Å². The first-order valence-corrected chi connectivity index (χ1v) is 10.9. The van der Waals surface area contributed by atoms with E-state index < -0.39 is 0 Å². The van der Waals surface area contributed by atoms with Crippen LogP contribution in [-0.4, -0.2) is 47.1 Å². The number of aryl methyl sites for hydroxylation is 1. The highest BCUT2D eigenvalue weighted by Gasteiger charge is 2.19. The van der Waals surface area contributed by atoms with Crippen molar-refractivity contribution in [2.45, 2.75) is 6.92 Å². The van der Waals surface area contributed by atoms with Crippen LogP contribution >= 0.6 is 0 Å². The minimum absolute atomic E-state index is 0.516. The van der Waals surface area contributed by atoms with Gasteiger partial charge in [-0.1, -0.05) is 12.1 Å². The van der Waals surface area contributed by atoms with Crippen LogP contribution in [-0.2, 0) is 7.05 Å². The molecule has 0 aliphatic carbocycles. The Morgan fingerprint density at radius 2 is 1.53 bits per heavy atom.